The predicted octanol–water partition coefficient (Wildman–Crippen LogP) is 2.74. The number of ether oxygens (including phenoxy) is 1. The molecule has 94 valence electrons. The molecule has 0 bridgehead atoms. The second kappa shape index (κ2) is 6.77. The predicted molar refractivity (Wildman–Crippen MR) is 71.6 cm³/mol. The van der Waals surface area contributed by atoms with Gasteiger partial charge in [0.2, 0.25) is 0 Å². The molecule has 1 atom stereocenters. The maximum absolute atomic E-state index is 11.6. The molecule has 1 aromatic carbocycles. The van der Waals surface area contributed by atoms with Gasteiger partial charge in [0.25, 0.3) is 0 Å². The molecular formula is C13H18BrNO2. The molecule has 1 unspecified atom stereocenters. The van der Waals surface area contributed by atoms with Crippen LogP contribution in [0.2, 0.25) is 0 Å². The summed E-state index contributed by atoms with van der Waals surface area (Å²) in [5, 5.41) is 3.22. The van der Waals surface area contributed by atoms with Gasteiger partial charge < -0.3 is 10.1 Å². The van der Waals surface area contributed by atoms with E-state index in [-0.39, 0.29) is 17.9 Å². The smallest absolute Gasteiger partial charge is 0.323 e. The van der Waals surface area contributed by atoms with Crippen LogP contribution in [0.4, 0.5) is 0 Å². The van der Waals surface area contributed by atoms with Crippen LogP contribution in [0, 0.1) is 5.92 Å². The lowest BCUT2D eigenvalue weighted by molar-refractivity contribution is -0.144. The molecule has 0 saturated heterocycles. The molecule has 0 heterocycles. The summed E-state index contributed by atoms with van der Waals surface area (Å²) in [6, 6.07) is 7.68. The molecule has 3 nitrogen and oxygen atoms in total. The fourth-order valence-electron chi connectivity index (χ4n) is 1.58. The second-order valence-electron chi connectivity index (χ2n) is 4.22. The SMILES string of the molecule is COC(=O)C(NCc1ccccc1Br)C(C)C. The Bertz CT molecular complexity index is 379. The van der Waals surface area contributed by atoms with E-state index >= 15 is 0 Å². The summed E-state index contributed by atoms with van der Waals surface area (Å²) in [6.45, 7) is 4.63. The molecule has 0 spiro atoms. The first-order valence-electron chi connectivity index (χ1n) is 5.61. The van der Waals surface area contributed by atoms with Gasteiger partial charge in [0.05, 0.1) is 7.11 Å². The highest BCUT2D eigenvalue weighted by atomic mass is 79.9. The lowest BCUT2D eigenvalue weighted by Gasteiger charge is -2.20. The van der Waals surface area contributed by atoms with Gasteiger partial charge in [-0.25, -0.2) is 0 Å². The number of nitrogens with one attached hydrogen (secondary N) is 1. The number of methoxy groups -OCH3 is 1. The summed E-state index contributed by atoms with van der Waals surface area (Å²) in [5.41, 5.74) is 1.13. The Morgan fingerprint density at radius 3 is 2.59 bits per heavy atom. The maximum Gasteiger partial charge on any atom is 0.323 e. The molecule has 1 rings (SSSR count). The summed E-state index contributed by atoms with van der Waals surface area (Å²) in [6.07, 6.45) is 0. The molecule has 4 heteroatoms. The number of benzene rings is 1. The van der Waals surface area contributed by atoms with Gasteiger partial charge in [0.1, 0.15) is 6.04 Å². The highest BCUT2D eigenvalue weighted by Crippen LogP contribution is 2.16. The van der Waals surface area contributed by atoms with E-state index in [2.05, 4.69) is 21.2 Å². The third-order valence-electron chi connectivity index (χ3n) is 2.59. The van der Waals surface area contributed by atoms with Gasteiger partial charge in [-0.2, -0.15) is 0 Å². The lowest BCUT2D eigenvalue weighted by Crippen LogP contribution is -2.41. The number of hydrogen-bond donors (Lipinski definition) is 1. The van der Waals surface area contributed by atoms with Crippen LogP contribution >= 0.6 is 15.9 Å². The standard InChI is InChI=1S/C13H18BrNO2/c1-9(2)12(13(16)17-3)15-8-10-6-4-5-7-11(10)14/h4-7,9,12,15H,8H2,1-3H3. The van der Waals surface area contributed by atoms with E-state index < -0.39 is 0 Å². The topological polar surface area (TPSA) is 38.3 Å². The highest BCUT2D eigenvalue weighted by Gasteiger charge is 2.22. The van der Waals surface area contributed by atoms with Crippen molar-refractivity contribution < 1.29 is 9.53 Å². The summed E-state index contributed by atoms with van der Waals surface area (Å²) >= 11 is 3.48. The minimum Gasteiger partial charge on any atom is -0.468 e. The van der Waals surface area contributed by atoms with Crippen LogP contribution in [0.15, 0.2) is 28.7 Å². The zero-order chi connectivity index (χ0) is 12.8. The summed E-state index contributed by atoms with van der Waals surface area (Å²) < 4.78 is 5.82. The molecule has 1 aromatic rings. The Labute approximate surface area is 111 Å². The Kier molecular flexibility index (Phi) is 5.65. The zero-order valence-corrected chi connectivity index (χ0v) is 12.0. The molecule has 17 heavy (non-hydrogen) atoms. The molecule has 0 aliphatic rings. The van der Waals surface area contributed by atoms with Gasteiger partial charge >= 0.3 is 5.97 Å². The molecule has 0 aliphatic heterocycles. The lowest BCUT2D eigenvalue weighted by atomic mass is 10.0. The number of rotatable bonds is 5. The van der Waals surface area contributed by atoms with Crippen molar-refractivity contribution in [1.29, 1.82) is 0 Å². The van der Waals surface area contributed by atoms with E-state index in [1.807, 2.05) is 38.1 Å². The van der Waals surface area contributed by atoms with Gasteiger partial charge in [-0.15, -0.1) is 0 Å². The van der Waals surface area contributed by atoms with Crippen molar-refractivity contribution in [2.75, 3.05) is 7.11 Å². The summed E-state index contributed by atoms with van der Waals surface area (Å²) in [7, 11) is 1.41. The molecular weight excluding hydrogens is 282 g/mol. The minimum atomic E-state index is -0.271. The van der Waals surface area contributed by atoms with Crippen LogP contribution in [-0.4, -0.2) is 19.1 Å². The van der Waals surface area contributed by atoms with Crippen LogP contribution in [0.25, 0.3) is 0 Å². The molecule has 1 N–H and O–H groups in total. The van der Waals surface area contributed by atoms with E-state index in [1.165, 1.54) is 7.11 Å². The van der Waals surface area contributed by atoms with Gasteiger partial charge in [-0.3, -0.25) is 4.79 Å². The molecule has 0 radical (unpaired) electrons. The van der Waals surface area contributed by atoms with Crippen LogP contribution < -0.4 is 5.32 Å². The van der Waals surface area contributed by atoms with Crippen LogP contribution in [0.1, 0.15) is 19.4 Å². The van der Waals surface area contributed by atoms with Gasteiger partial charge in [0.15, 0.2) is 0 Å². The van der Waals surface area contributed by atoms with Crippen molar-refractivity contribution in [1.82, 2.24) is 5.32 Å². The average Bonchev–Trinajstić information content (AvgIpc) is 2.30. The number of carbonyl (C=O) groups excluding carboxylic acids is 1. The third kappa shape index (κ3) is 4.13. The molecule has 0 aliphatic carbocycles. The Balaban J connectivity index is 2.64. The number of esters is 1. The Hall–Kier alpha value is -0.870. The van der Waals surface area contributed by atoms with E-state index in [4.69, 9.17) is 4.74 Å². The van der Waals surface area contributed by atoms with E-state index in [9.17, 15) is 4.79 Å². The molecule has 0 fully saturated rings. The fourth-order valence-corrected chi connectivity index (χ4v) is 2.00. The normalized spacial score (nSPS) is 12.5. The third-order valence-corrected chi connectivity index (χ3v) is 3.37. The van der Waals surface area contributed by atoms with E-state index in [1.54, 1.807) is 0 Å². The van der Waals surface area contributed by atoms with E-state index in [0.29, 0.717) is 6.54 Å². The summed E-state index contributed by atoms with van der Waals surface area (Å²) in [4.78, 5) is 11.6. The van der Waals surface area contributed by atoms with Gasteiger partial charge in [0, 0.05) is 11.0 Å². The average molecular weight is 300 g/mol. The van der Waals surface area contributed by atoms with Crippen LogP contribution in [-0.2, 0) is 16.1 Å². The Morgan fingerprint density at radius 1 is 1.41 bits per heavy atom. The molecule has 0 amide bonds. The highest BCUT2D eigenvalue weighted by molar-refractivity contribution is 9.10. The second-order valence-corrected chi connectivity index (χ2v) is 5.07. The van der Waals surface area contributed by atoms with Crippen LogP contribution in [0.3, 0.4) is 0 Å². The monoisotopic (exact) mass is 299 g/mol. The first-order valence-corrected chi connectivity index (χ1v) is 6.40. The number of hydrogen-bond acceptors (Lipinski definition) is 3. The Morgan fingerprint density at radius 2 is 2.06 bits per heavy atom. The van der Waals surface area contributed by atoms with Crippen molar-refractivity contribution in [3.05, 3.63) is 34.3 Å². The van der Waals surface area contributed by atoms with Crippen molar-refractivity contribution >= 4 is 21.9 Å². The quantitative estimate of drug-likeness (QED) is 0.850. The van der Waals surface area contributed by atoms with Crippen molar-refractivity contribution in [3.63, 3.8) is 0 Å². The number of halogens is 1. The van der Waals surface area contributed by atoms with Gasteiger partial charge in [-0.1, -0.05) is 48.0 Å². The van der Waals surface area contributed by atoms with Crippen molar-refractivity contribution in [3.8, 4) is 0 Å². The first kappa shape index (κ1) is 14.2. The van der Waals surface area contributed by atoms with Crippen molar-refractivity contribution in [2.45, 2.75) is 26.4 Å². The fraction of sp³-hybridized carbons (Fsp3) is 0.462. The first-order chi connectivity index (χ1) is 8.06. The maximum atomic E-state index is 11.6. The van der Waals surface area contributed by atoms with E-state index in [0.717, 1.165) is 10.0 Å². The van der Waals surface area contributed by atoms with Gasteiger partial charge in [-0.05, 0) is 17.5 Å². The zero-order valence-electron chi connectivity index (χ0n) is 10.4. The summed E-state index contributed by atoms with van der Waals surface area (Å²) in [5.74, 6) is -0.0167. The largest absolute Gasteiger partial charge is 0.468 e. The minimum absolute atomic E-state index is 0.199. The van der Waals surface area contributed by atoms with Crippen molar-refractivity contribution in [2.24, 2.45) is 5.92 Å². The molecule has 0 aromatic heterocycles. The number of carbonyl (C=O) groups is 1. The molecule has 0 saturated carbocycles. The van der Waals surface area contributed by atoms with Crippen LogP contribution in [0.5, 0.6) is 0 Å².